The van der Waals surface area contributed by atoms with Crippen molar-refractivity contribution in [3.63, 3.8) is 0 Å². The molecule has 0 aliphatic carbocycles. The SMILES string of the molecule is O=C(O)c1ccc(CN2CCN(C(=O)c3ccc(C(F)(F)F)cc3)CC2)cc1. The van der Waals surface area contributed by atoms with Crippen molar-refractivity contribution in [1.29, 1.82) is 0 Å². The van der Waals surface area contributed by atoms with Crippen molar-refractivity contribution in [2.45, 2.75) is 12.7 Å². The van der Waals surface area contributed by atoms with Gasteiger partial charge >= 0.3 is 12.1 Å². The summed E-state index contributed by atoms with van der Waals surface area (Å²) in [6.45, 7) is 2.86. The minimum atomic E-state index is -4.42. The van der Waals surface area contributed by atoms with Crippen molar-refractivity contribution in [3.8, 4) is 0 Å². The number of benzene rings is 2. The summed E-state index contributed by atoms with van der Waals surface area (Å²) in [4.78, 5) is 27.2. The van der Waals surface area contributed by atoms with Gasteiger partial charge in [0, 0.05) is 38.3 Å². The van der Waals surface area contributed by atoms with Crippen molar-refractivity contribution in [2.24, 2.45) is 0 Å². The molecule has 0 aromatic heterocycles. The van der Waals surface area contributed by atoms with E-state index in [4.69, 9.17) is 5.11 Å². The standard InChI is InChI=1S/C20H19F3N2O3/c21-20(22,23)17-7-5-15(6-8-17)18(26)25-11-9-24(10-12-25)13-14-1-3-16(4-2-14)19(27)28/h1-8H,9-13H2,(H,27,28). The Kier molecular flexibility index (Phi) is 5.69. The fourth-order valence-electron chi connectivity index (χ4n) is 3.10. The number of hydrogen-bond acceptors (Lipinski definition) is 3. The van der Waals surface area contributed by atoms with Gasteiger partial charge in [0.05, 0.1) is 11.1 Å². The summed E-state index contributed by atoms with van der Waals surface area (Å²) in [5, 5.41) is 8.92. The molecule has 1 saturated heterocycles. The summed E-state index contributed by atoms with van der Waals surface area (Å²) in [6, 6.07) is 10.9. The van der Waals surface area contributed by atoms with Crippen LogP contribution >= 0.6 is 0 Å². The van der Waals surface area contributed by atoms with Gasteiger partial charge in [-0.3, -0.25) is 9.69 Å². The van der Waals surface area contributed by atoms with E-state index in [1.54, 1.807) is 29.2 Å². The van der Waals surface area contributed by atoms with Gasteiger partial charge in [0.2, 0.25) is 0 Å². The predicted octanol–water partition coefficient (Wildman–Crippen LogP) is 3.36. The molecule has 0 unspecified atom stereocenters. The quantitative estimate of drug-likeness (QED) is 0.867. The Hall–Kier alpha value is -2.87. The van der Waals surface area contributed by atoms with Crippen LogP contribution in [0.4, 0.5) is 13.2 Å². The molecule has 2 aromatic rings. The van der Waals surface area contributed by atoms with E-state index in [0.717, 1.165) is 17.7 Å². The number of rotatable bonds is 4. The Balaban J connectivity index is 1.54. The van der Waals surface area contributed by atoms with E-state index in [1.807, 2.05) is 0 Å². The molecule has 1 aliphatic rings. The second kappa shape index (κ2) is 8.02. The molecule has 148 valence electrons. The molecule has 1 fully saturated rings. The summed E-state index contributed by atoms with van der Waals surface area (Å²) in [7, 11) is 0. The second-order valence-electron chi connectivity index (χ2n) is 6.65. The molecular weight excluding hydrogens is 373 g/mol. The van der Waals surface area contributed by atoms with Crippen LogP contribution in [0.1, 0.15) is 31.8 Å². The number of carbonyl (C=O) groups is 2. The van der Waals surface area contributed by atoms with Gasteiger partial charge < -0.3 is 10.0 Å². The number of carboxylic acid groups (broad SMARTS) is 1. The first-order chi connectivity index (χ1) is 13.2. The highest BCUT2D eigenvalue weighted by Crippen LogP contribution is 2.29. The number of hydrogen-bond donors (Lipinski definition) is 1. The predicted molar refractivity (Wildman–Crippen MR) is 96.0 cm³/mol. The van der Waals surface area contributed by atoms with E-state index in [0.29, 0.717) is 32.7 Å². The Morgan fingerprint density at radius 2 is 1.39 bits per heavy atom. The summed E-state index contributed by atoms with van der Waals surface area (Å²) in [6.07, 6.45) is -4.42. The molecule has 8 heteroatoms. The van der Waals surface area contributed by atoms with Crippen molar-refractivity contribution in [1.82, 2.24) is 9.80 Å². The average Bonchev–Trinajstić information content (AvgIpc) is 2.68. The summed E-state index contributed by atoms with van der Waals surface area (Å²) < 4.78 is 37.9. The molecule has 5 nitrogen and oxygen atoms in total. The van der Waals surface area contributed by atoms with Crippen LogP contribution < -0.4 is 0 Å². The molecule has 0 spiro atoms. The minimum Gasteiger partial charge on any atom is -0.478 e. The van der Waals surface area contributed by atoms with E-state index in [1.165, 1.54) is 12.1 Å². The van der Waals surface area contributed by atoms with Crippen LogP contribution in [-0.4, -0.2) is 53.0 Å². The van der Waals surface area contributed by atoms with Gasteiger partial charge in [-0.05, 0) is 42.0 Å². The van der Waals surface area contributed by atoms with E-state index in [2.05, 4.69) is 4.90 Å². The van der Waals surface area contributed by atoms with E-state index in [9.17, 15) is 22.8 Å². The molecule has 0 bridgehead atoms. The number of halogens is 3. The fraction of sp³-hybridized carbons (Fsp3) is 0.300. The van der Waals surface area contributed by atoms with Gasteiger partial charge in [-0.2, -0.15) is 13.2 Å². The van der Waals surface area contributed by atoms with Crippen LogP contribution in [0.2, 0.25) is 0 Å². The van der Waals surface area contributed by atoms with Crippen LogP contribution in [0.3, 0.4) is 0 Å². The van der Waals surface area contributed by atoms with Gasteiger partial charge in [0.25, 0.3) is 5.91 Å². The number of alkyl halides is 3. The number of amides is 1. The van der Waals surface area contributed by atoms with Crippen LogP contribution in [-0.2, 0) is 12.7 Å². The molecule has 1 heterocycles. The highest BCUT2D eigenvalue weighted by atomic mass is 19.4. The number of aromatic carboxylic acids is 1. The maximum Gasteiger partial charge on any atom is 0.416 e. The molecular formula is C20H19F3N2O3. The highest BCUT2D eigenvalue weighted by molar-refractivity contribution is 5.94. The number of carboxylic acids is 1. The third-order valence-corrected chi connectivity index (χ3v) is 4.73. The third-order valence-electron chi connectivity index (χ3n) is 4.73. The first-order valence-corrected chi connectivity index (χ1v) is 8.75. The van der Waals surface area contributed by atoms with Crippen LogP contribution in [0.25, 0.3) is 0 Å². The third kappa shape index (κ3) is 4.69. The molecule has 0 saturated carbocycles. The molecule has 0 atom stereocenters. The average molecular weight is 392 g/mol. The summed E-state index contributed by atoms with van der Waals surface area (Å²) in [5.74, 6) is -1.25. The summed E-state index contributed by atoms with van der Waals surface area (Å²) >= 11 is 0. The minimum absolute atomic E-state index is 0.232. The number of carbonyl (C=O) groups excluding carboxylic acids is 1. The molecule has 1 aliphatic heterocycles. The van der Waals surface area contributed by atoms with Gasteiger partial charge in [-0.25, -0.2) is 4.79 Å². The fourth-order valence-corrected chi connectivity index (χ4v) is 3.10. The topological polar surface area (TPSA) is 60.9 Å². The van der Waals surface area contributed by atoms with Crippen LogP contribution in [0.5, 0.6) is 0 Å². The summed E-state index contributed by atoms with van der Waals surface area (Å²) in [5.41, 5.74) is 0.678. The van der Waals surface area contributed by atoms with Gasteiger partial charge in [-0.15, -0.1) is 0 Å². The van der Waals surface area contributed by atoms with E-state index < -0.39 is 17.7 Å². The zero-order chi connectivity index (χ0) is 20.3. The maximum absolute atomic E-state index is 12.6. The molecule has 3 rings (SSSR count). The van der Waals surface area contributed by atoms with Crippen molar-refractivity contribution >= 4 is 11.9 Å². The zero-order valence-electron chi connectivity index (χ0n) is 14.9. The second-order valence-corrected chi connectivity index (χ2v) is 6.65. The number of nitrogens with zero attached hydrogens (tertiary/aromatic N) is 2. The van der Waals surface area contributed by atoms with E-state index >= 15 is 0 Å². The normalized spacial score (nSPS) is 15.5. The molecule has 2 aromatic carbocycles. The Bertz CT molecular complexity index is 840. The maximum atomic E-state index is 12.6. The lowest BCUT2D eigenvalue weighted by atomic mass is 10.1. The molecule has 1 amide bonds. The lowest BCUT2D eigenvalue weighted by Gasteiger charge is -2.34. The van der Waals surface area contributed by atoms with E-state index in [-0.39, 0.29) is 17.0 Å². The highest BCUT2D eigenvalue weighted by Gasteiger charge is 2.30. The Morgan fingerprint density at radius 1 is 0.857 bits per heavy atom. The Morgan fingerprint density at radius 3 is 1.89 bits per heavy atom. The van der Waals surface area contributed by atoms with Gasteiger partial charge in [0.15, 0.2) is 0 Å². The van der Waals surface area contributed by atoms with Crippen LogP contribution in [0.15, 0.2) is 48.5 Å². The number of piperazine rings is 1. The Labute approximate surface area is 160 Å². The smallest absolute Gasteiger partial charge is 0.416 e. The van der Waals surface area contributed by atoms with Crippen molar-refractivity contribution in [3.05, 3.63) is 70.8 Å². The molecule has 0 radical (unpaired) electrons. The van der Waals surface area contributed by atoms with Crippen molar-refractivity contribution in [2.75, 3.05) is 26.2 Å². The monoisotopic (exact) mass is 392 g/mol. The largest absolute Gasteiger partial charge is 0.478 e. The van der Waals surface area contributed by atoms with Crippen LogP contribution in [0, 0.1) is 0 Å². The first-order valence-electron chi connectivity index (χ1n) is 8.75. The van der Waals surface area contributed by atoms with Gasteiger partial charge in [0.1, 0.15) is 0 Å². The lowest BCUT2D eigenvalue weighted by molar-refractivity contribution is -0.137. The molecule has 1 N–H and O–H groups in total. The van der Waals surface area contributed by atoms with Crippen molar-refractivity contribution < 1.29 is 27.9 Å². The zero-order valence-corrected chi connectivity index (χ0v) is 14.9. The molecule has 28 heavy (non-hydrogen) atoms. The lowest BCUT2D eigenvalue weighted by Crippen LogP contribution is -2.48. The first kappa shape index (κ1) is 19.9. The van der Waals surface area contributed by atoms with Gasteiger partial charge in [-0.1, -0.05) is 12.1 Å².